The van der Waals surface area contributed by atoms with Crippen molar-refractivity contribution in [1.82, 2.24) is 4.90 Å². The van der Waals surface area contributed by atoms with Crippen molar-refractivity contribution in [2.75, 3.05) is 13.1 Å². The molecule has 1 aliphatic heterocycles. The molecule has 2 rings (SSSR count). The second-order valence-corrected chi connectivity index (χ2v) is 7.55. The van der Waals surface area contributed by atoms with Crippen LogP contribution in [0.4, 0.5) is 0 Å². The zero-order valence-electron chi connectivity index (χ0n) is 11.9. The maximum atomic E-state index is 12.5. The minimum Gasteiger partial charge on any atom is -0.339 e. The smallest absolute Gasteiger partial charge is 0.253 e. The van der Waals surface area contributed by atoms with E-state index in [0.29, 0.717) is 19.0 Å². The molecule has 2 N–H and O–H groups in total. The SMILES string of the molecule is CC1CCCN(C(=O)c2cc(Cl)cc(S(N)(=O)=O)c2)CC1. The molecule has 1 amide bonds. The minimum absolute atomic E-state index is 0.137. The number of sulfonamides is 1. The van der Waals surface area contributed by atoms with Crippen LogP contribution in [0, 0.1) is 5.92 Å². The van der Waals surface area contributed by atoms with Gasteiger partial charge >= 0.3 is 0 Å². The topological polar surface area (TPSA) is 80.5 Å². The Hall–Kier alpha value is -1.11. The highest BCUT2D eigenvalue weighted by molar-refractivity contribution is 7.89. The molecule has 116 valence electrons. The lowest BCUT2D eigenvalue weighted by Crippen LogP contribution is -2.32. The fourth-order valence-electron chi connectivity index (χ4n) is 2.50. The molecule has 0 saturated carbocycles. The van der Waals surface area contributed by atoms with Gasteiger partial charge in [-0.25, -0.2) is 13.6 Å². The molecule has 0 bridgehead atoms. The van der Waals surface area contributed by atoms with Crippen LogP contribution in [0.2, 0.25) is 5.02 Å². The fraction of sp³-hybridized carbons (Fsp3) is 0.500. The Bertz CT molecular complexity index is 646. The van der Waals surface area contributed by atoms with E-state index < -0.39 is 10.0 Å². The first kappa shape index (κ1) is 16.3. The van der Waals surface area contributed by atoms with Gasteiger partial charge in [0.15, 0.2) is 0 Å². The van der Waals surface area contributed by atoms with Crippen molar-refractivity contribution >= 4 is 27.5 Å². The van der Waals surface area contributed by atoms with E-state index in [1.807, 2.05) is 0 Å². The first-order valence-electron chi connectivity index (χ1n) is 6.90. The lowest BCUT2D eigenvalue weighted by molar-refractivity contribution is 0.0760. The molecule has 5 nitrogen and oxygen atoms in total. The highest BCUT2D eigenvalue weighted by Gasteiger charge is 2.21. The summed E-state index contributed by atoms with van der Waals surface area (Å²) in [5.74, 6) is 0.402. The Morgan fingerprint density at radius 2 is 2.00 bits per heavy atom. The van der Waals surface area contributed by atoms with Crippen molar-refractivity contribution in [1.29, 1.82) is 0 Å². The summed E-state index contributed by atoms with van der Waals surface area (Å²) in [6.07, 6.45) is 3.01. The lowest BCUT2D eigenvalue weighted by atomic mass is 10.0. The van der Waals surface area contributed by atoms with Crippen LogP contribution in [-0.2, 0) is 10.0 Å². The van der Waals surface area contributed by atoms with Gasteiger partial charge in [-0.2, -0.15) is 0 Å². The third-order valence-corrected chi connectivity index (χ3v) is 4.86. The number of amides is 1. The molecular weight excluding hydrogens is 312 g/mol. The molecule has 0 spiro atoms. The summed E-state index contributed by atoms with van der Waals surface area (Å²) in [5.41, 5.74) is 0.265. The first-order chi connectivity index (χ1) is 9.77. The summed E-state index contributed by atoms with van der Waals surface area (Å²) in [4.78, 5) is 14.1. The highest BCUT2D eigenvalue weighted by atomic mass is 35.5. The molecule has 1 aromatic rings. The van der Waals surface area contributed by atoms with Crippen LogP contribution in [0.3, 0.4) is 0 Å². The number of hydrogen-bond acceptors (Lipinski definition) is 3. The van der Waals surface area contributed by atoms with Crippen molar-refractivity contribution in [3.05, 3.63) is 28.8 Å². The summed E-state index contributed by atoms with van der Waals surface area (Å²) >= 11 is 5.90. The Labute approximate surface area is 130 Å². The van der Waals surface area contributed by atoms with Crippen molar-refractivity contribution in [3.8, 4) is 0 Å². The monoisotopic (exact) mass is 330 g/mol. The van der Waals surface area contributed by atoms with Crippen LogP contribution in [0.25, 0.3) is 0 Å². The van der Waals surface area contributed by atoms with Crippen molar-refractivity contribution in [2.45, 2.75) is 31.1 Å². The predicted octanol–water partition coefficient (Wildman–Crippen LogP) is 2.25. The van der Waals surface area contributed by atoms with Crippen molar-refractivity contribution in [3.63, 3.8) is 0 Å². The number of nitrogens with zero attached hydrogens (tertiary/aromatic N) is 1. The predicted molar refractivity (Wildman–Crippen MR) is 81.7 cm³/mol. The summed E-state index contributed by atoms with van der Waals surface area (Å²) in [6, 6.07) is 4.02. The number of rotatable bonds is 2. The van der Waals surface area contributed by atoms with Gasteiger partial charge in [0.2, 0.25) is 10.0 Å². The highest BCUT2D eigenvalue weighted by Crippen LogP contribution is 2.22. The molecule has 7 heteroatoms. The van der Waals surface area contributed by atoms with Gasteiger partial charge in [0.25, 0.3) is 5.91 Å². The zero-order chi connectivity index (χ0) is 15.6. The number of carbonyl (C=O) groups excluding carboxylic acids is 1. The van der Waals surface area contributed by atoms with Gasteiger partial charge in [-0.05, 0) is 43.4 Å². The molecule has 1 saturated heterocycles. The van der Waals surface area contributed by atoms with Crippen LogP contribution in [0.15, 0.2) is 23.1 Å². The largest absolute Gasteiger partial charge is 0.339 e. The molecule has 21 heavy (non-hydrogen) atoms. The average molecular weight is 331 g/mol. The Kier molecular flexibility index (Phi) is 4.91. The van der Waals surface area contributed by atoms with E-state index in [1.165, 1.54) is 18.2 Å². The second-order valence-electron chi connectivity index (χ2n) is 5.55. The van der Waals surface area contributed by atoms with E-state index in [9.17, 15) is 13.2 Å². The van der Waals surface area contributed by atoms with Gasteiger partial charge < -0.3 is 4.90 Å². The third kappa shape index (κ3) is 4.18. The van der Waals surface area contributed by atoms with E-state index in [1.54, 1.807) is 4.90 Å². The molecule has 1 unspecified atom stereocenters. The molecule has 0 aliphatic carbocycles. The van der Waals surface area contributed by atoms with Crippen LogP contribution in [0.5, 0.6) is 0 Å². The summed E-state index contributed by atoms with van der Waals surface area (Å²) < 4.78 is 22.9. The van der Waals surface area contributed by atoms with E-state index in [-0.39, 0.29) is 21.4 Å². The Morgan fingerprint density at radius 1 is 1.29 bits per heavy atom. The summed E-state index contributed by atoms with van der Waals surface area (Å²) in [6.45, 7) is 3.53. The minimum atomic E-state index is -3.88. The average Bonchev–Trinajstić information content (AvgIpc) is 2.61. The maximum absolute atomic E-state index is 12.5. The fourth-order valence-corrected chi connectivity index (χ4v) is 3.38. The normalized spacial score (nSPS) is 20.1. The molecule has 1 aliphatic rings. The molecule has 0 radical (unpaired) electrons. The number of benzene rings is 1. The third-order valence-electron chi connectivity index (χ3n) is 3.75. The van der Waals surface area contributed by atoms with Gasteiger partial charge in [-0.1, -0.05) is 18.5 Å². The number of likely N-dealkylation sites (tertiary alicyclic amines) is 1. The first-order valence-corrected chi connectivity index (χ1v) is 8.82. The van der Waals surface area contributed by atoms with Crippen molar-refractivity contribution in [2.24, 2.45) is 11.1 Å². The van der Waals surface area contributed by atoms with E-state index in [2.05, 4.69) is 6.92 Å². The molecule has 0 aromatic heterocycles. The van der Waals surface area contributed by atoms with Crippen LogP contribution < -0.4 is 5.14 Å². The van der Waals surface area contributed by atoms with E-state index >= 15 is 0 Å². The van der Waals surface area contributed by atoms with Crippen LogP contribution >= 0.6 is 11.6 Å². The molecule has 1 fully saturated rings. The van der Waals surface area contributed by atoms with Crippen molar-refractivity contribution < 1.29 is 13.2 Å². The Morgan fingerprint density at radius 3 is 2.67 bits per heavy atom. The second kappa shape index (κ2) is 6.34. The van der Waals surface area contributed by atoms with E-state index in [4.69, 9.17) is 16.7 Å². The maximum Gasteiger partial charge on any atom is 0.253 e. The molecule has 1 aromatic carbocycles. The summed E-state index contributed by atoms with van der Waals surface area (Å²) in [7, 11) is -3.88. The quantitative estimate of drug-likeness (QED) is 0.903. The van der Waals surface area contributed by atoms with Gasteiger partial charge in [-0.3, -0.25) is 4.79 Å². The molecular formula is C14H19ClN2O3S. The van der Waals surface area contributed by atoms with Gasteiger partial charge in [0.1, 0.15) is 0 Å². The molecule has 1 heterocycles. The zero-order valence-corrected chi connectivity index (χ0v) is 13.5. The number of nitrogens with two attached hydrogens (primary N) is 1. The van der Waals surface area contributed by atoms with E-state index in [0.717, 1.165) is 19.3 Å². The van der Waals surface area contributed by atoms with Gasteiger partial charge in [-0.15, -0.1) is 0 Å². The summed E-state index contributed by atoms with van der Waals surface area (Å²) in [5, 5.41) is 5.29. The standard InChI is InChI=1S/C14H19ClN2O3S/c1-10-3-2-5-17(6-4-10)14(18)11-7-12(15)9-13(8-11)21(16,19)20/h7-10H,2-6H2,1H3,(H2,16,19,20). The number of hydrogen-bond donors (Lipinski definition) is 1. The van der Waals surface area contributed by atoms with Gasteiger partial charge in [0, 0.05) is 23.7 Å². The number of primary sulfonamides is 1. The van der Waals surface area contributed by atoms with Gasteiger partial charge in [0.05, 0.1) is 4.90 Å². The molecule has 1 atom stereocenters. The number of halogens is 1. The number of carbonyl (C=O) groups is 1. The Balaban J connectivity index is 2.28. The van der Waals surface area contributed by atoms with Crippen LogP contribution in [-0.4, -0.2) is 32.3 Å². The van der Waals surface area contributed by atoms with Crippen LogP contribution in [0.1, 0.15) is 36.5 Å². The lowest BCUT2D eigenvalue weighted by Gasteiger charge is -2.21.